The number of nitrogens with zero attached hydrogens (tertiary/aromatic N) is 1. The lowest BCUT2D eigenvalue weighted by molar-refractivity contribution is 0.326. The zero-order valence-electron chi connectivity index (χ0n) is 11.2. The van der Waals surface area contributed by atoms with E-state index >= 15 is 0 Å². The average Bonchev–Trinajstić information content (AvgIpc) is 2.92. The summed E-state index contributed by atoms with van der Waals surface area (Å²) in [4.78, 5) is 2.44. The quantitative estimate of drug-likeness (QED) is 0.794. The van der Waals surface area contributed by atoms with Crippen LogP contribution in [0.2, 0.25) is 0 Å². The van der Waals surface area contributed by atoms with Crippen molar-refractivity contribution in [3.8, 4) is 0 Å². The fraction of sp³-hybridized carbons (Fsp3) is 0.294. The molecule has 0 aliphatic carbocycles. The molecule has 1 fully saturated rings. The molecular weight excluding hydrogens is 317 g/mol. The van der Waals surface area contributed by atoms with Gasteiger partial charge >= 0.3 is 0 Å². The fourth-order valence-corrected chi connectivity index (χ4v) is 3.30. The lowest BCUT2D eigenvalue weighted by Gasteiger charge is -2.16. The third kappa shape index (κ3) is 3.10. The predicted octanol–water partition coefficient (Wildman–Crippen LogP) is 4.58. The standard InChI is InChI=1S/C17H17BrFN/c18-16-10-13(6-7-17(16)19)11-20-9-8-15(12-20)14-4-2-1-3-5-14/h1-7,10,15H,8-9,11-12H2. The maximum atomic E-state index is 13.2. The highest BCUT2D eigenvalue weighted by atomic mass is 79.9. The molecule has 1 aliphatic rings. The smallest absolute Gasteiger partial charge is 0.137 e. The molecule has 0 amide bonds. The van der Waals surface area contributed by atoms with Gasteiger partial charge in [-0.1, -0.05) is 36.4 Å². The third-order valence-corrected chi connectivity index (χ3v) is 4.54. The minimum Gasteiger partial charge on any atom is -0.298 e. The Kier molecular flexibility index (Phi) is 4.18. The van der Waals surface area contributed by atoms with Gasteiger partial charge in [-0.25, -0.2) is 4.39 Å². The topological polar surface area (TPSA) is 3.24 Å². The van der Waals surface area contributed by atoms with Gasteiger partial charge in [0.15, 0.2) is 0 Å². The van der Waals surface area contributed by atoms with E-state index in [0.717, 1.165) is 25.2 Å². The lowest BCUT2D eigenvalue weighted by Crippen LogP contribution is -2.19. The summed E-state index contributed by atoms with van der Waals surface area (Å²) in [6, 6.07) is 16.0. The Morgan fingerprint density at radius 1 is 1.15 bits per heavy atom. The van der Waals surface area contributed by atoms with Gasteiger partial charge in [0.25, 0.3) is 0 Å². The van der Waals surface area contributed by atoms with E-state index in [1.54, 1.807) is 0 Å². The molecule has 3 rings (SSSR count). The van der Waals surface area contributed by atoms with Gasteiger partial charge in [0.1, 0.15) is 5.82 Å². The first-order valence-corrected chi connectivity index (χ1v) is 7.73. The van der Waals surface area contributed by atoms with Crippen molar-refractivity contribution in [2.75, 3.05) is 13.1 Å². The second-order valence-electron chi connectivity index (χ2n) is 5.38. The van der Waals surface area contributed by atoms with Crippen molar-refractivity contribution in [2.24, 2.45) is 0 Å². The van der Waals surface area contributed by atoms with Crippen molar-refractivity contribution >= 4 is 15.9 Å². The summed E-state index contributed by atoms with van der Waals surface area (Å²) < 4.78 is 13.8. The summed E-state index contributed by atoms with van der Waals surface area (Å²) in [7, 11) is 0. The zero-order chi connectivity index (χ0) is 13.9. The van der Waals surface area contributed by atoms with Crippen LogP contribution < -0.4 is 0 Å². The highest BCUT2D eigenvalue weighted by Gasteiger charge is 2.23. The van der Waals surface area contributed by atoms with Crippen LogP contribution in [0.25, 0.3) is 0 Å². The van der Waals surface area contributed by atoms with Crippen molar-refractivity contribution in [1.29, 1.82) is 0 Å². The summed E-state index contributed by atoms with van der Waals surface area (Å²) in [5.41, 5.74) is 2.59. The number of benzene rings is 2. The predicted molar refractivity (Wildman–Crippen MR) is 83.2 cm³/mol. The van der Waals surface area contributed by atoms with Crippen LogP contribution >= 0.6 is 15.9 Å². The molecule has 0 radical (unpaired) electrons. The van der Waals surface area contributed by atoms with Crippen LogP contribution in [0.15, 0.2) is 53.0 Å². The van der Waals surface area contributed by atoms with Gasteiger partial charge < -0.3 is 0 Å². The highest BCUT2D eigenvalue weighted by Crippen LogP contribution is 2.28. The Bertz CT molecular complexity index is 585. The first-order valence-electron chi connectivity index (χ1n) is 6.93. The molecule has 2 aromatic carbocycles. The van der Waals surface area contributed by atoms with Crippen LogP contribution in [0, 0.1) is 5.82 Å². The Balaban J connectivity index is 1.64. The van der Waals surface area contributed by atoms with Gasteiger partial charge in [-0.15, -0.1) is 0 Å². The molecule has 0 N–H and O–H groups in total. The first-order chi connectivity index (χ1) is 9.72. The summed E-state index contributed by atoms with van der Waals surface area (Å²) in [6.45, 7) is 3.08. The summed E-state index contributed by atoms with van der Waals surface area (Å²) >= 11 is 3.25. The van der Waals surface area contributed by atoms with E-state index in [9.17, 15) is 4.39 Å². The highest BCUT2D eigenvalue weighted by molar-refractivity contribution is 9.10. The second-order valence-corrected chi connectivity index (χ2v) is 6.23. The number of hydrogen-bond donors (Lipinski definition) is 0. The molecule has 0 aromatic heterocycles. The van der Waals surface area contributed by atoms with Gasteiger partial charge in [0, 0.05) is 13.1 Å². The minimum atomic E-state index is -0.197. The molecule has 104 valence electrons. The van der Waals surface area contributed by atoms with Gasteiger partial charge in [0.2, 0.25) is 0 Å². The van der Waals surface area contributed by atoms with E-state index < -0.39 is 0 Å². The van der Waals surface area contributed by atoms with Crippen LogP contribution in [0.4, 0.5) is 4.39 Å². The Morgan fingerprint density at radius 3 is 2.70 bits per heavy atom. The number of likely N-dealkylation sites (tertiary alicyclic amines) is 1. The molecule has 1 saturated heterocycles. The summed E-state index contributed by atoms with van der Waals surface area (Å²) in [5.74, 6) is 0.428. The molecule has 1 atom stereocenters. The zero-order valence-corrected chi connectivity index (χ0v) is 12.8. The molecule has 0 saturated carbocycles. The van der Waals surface area contributed by atoms with Crippen LogP contribution in [0.1, 0.15) is 23.5 Å². The summed E-state index contributed by atoms with van der Waals surface area (Å²) in [6.07, 6.45) is 1.20. The number of halogens is 2. The normalized spacial score (nSPS) is 19.4. The first kappa shape index (κ1) is 13.8. The van der Waals surface area contributed by atoms with Crippen molar-refractivity contribution in [1.82, 2.24) is 4.90 Å². The Labute approximate surface area is 127 Å². The maximum Gasteiger partial charge on any atom is 0.137 e. The van der Waals surface area contributed by atoms with Crippen molar-refractivity contribution in [3.63, 3.8) is 0 Å². The molecule has 1 aliphatic heterocycles. The largest absolute Gasteiger partial charge is 0.298 e. The molecule has 1 heterocycles. The van der Waals surface area contributed by atoms with E-state index in [1.165, 1.54) is 18.1 Å². The van der Waals surface area contributed by atoms with E-state index in [-0.39, 0.29) is 5.82 Å². The van der Waals surface area contributed by atoms with E-state index in [0.29, 0.717) is 10.4 Å². The van der Waals surface area contributed by atoms with Crippen LogP contribution in [0.5, 0.6) is 0 Å². The van der Waals surface area contributed by atoms with Gasteiger partial charge in [-0.05, 0) is 58.1 Å². The average molecular weight is 334 g/mol. The SMILES string of the molecule is Fc1ccc(CN2CCC(c3ccccc3)C2)cc1Br. The van der Waals surface area contributed by atoms with Crippen LogP contribution in [-0.2, 0) is 6.54 Å². The molecule has 0 spiro atoms. The number of rotatable bonds is 3. The monoisotopic (exact) mass is 333 g/mol. The van der Waals surface area contributed by atoms with Gasteiger partial charge in [0.05, 0.1) is 4.47 Å². The molecule has 1 nitrogen and oxygen atoms in total. The Hall–Kier alpha value is -1.19. The van der Waals surface area contributed by atoms with Crippen LogP contribution in [0.3, 0.4) is 0 Å². The molecule has 20 heavy (non-hydrogen) atoms. The van der Waals surface area contributed by atoms with Crippen LogP contribution in [-0.4, -0.2) is 18.0 Å². The summed E-state index contributed by atoms with van der Waals surface area (Å²) in [5, 5.41) is 0. The van der Waals surface area contributed by atoms with E-state index in [4.69, 9.17) is 0 Å². The molecular formula is C17H17BrFN. The maximum absolute atomic E-state index is 13.2. The van der Waals surface area contributed by atoms with Gasteiger partial charge in [-0.3, -0.25) is 4.90 Å². The number of hydrogen-bond acceptors (Lipinski definition) is 1. The van der Waals surface area contributed by atoms with Crippen molar-refractivity contribution in [2.45, 2.75) is 18.9 Å². The fourth-order valence-electron chi connectivity index (χ4n) is 2.87. The Morgan fingerprint density at radius 2 is 1.95 bits per heavy atom. The van der Waals surface area contributed by atoms with Crippen molar-refractivity contribution < 1.29 is 4.39 Å². The molecule has 1 unspecified atom stereocenters. The molecule has 2 aromatic rings. The third-order valence-electron chi connectivity index (χ3n) is 3.93. The second kappa shape index (κ2) is 6.06. The molecule has 0 bridgehead atoms. The van der Waals surface area contributed by atoms with E-state index in [2.05, 4.69) is 51.2 Å². The minimum absolute atomic E-state index is 0.197. The van der Waals surface area contributed by atoms with Gasteiger partial charge in [-0.2, -0.15) is 0 Å². The van der Waals surface area contributed by atoms with E-state index in [1.807, 2.05) is 12.1 Å². The van der Waals surface area contributed by atoms with Crippen molar-refractivity contribution in [3.05, 3.63) is 69.9 Å². The molecule has 3 heteroatoms. The lowest BCUT2D eigenvalue weighted by atomic mass is 9.99.